The van der Waals surface area contributed by atoms with Gasteiger partial charge in [0.1, 0.15) is 5.60 Å². The molecule has 2 N–H and O–H groups in total. The van der Waals surface area contributed by atoms with Crippen molar-refractivity contribution in [2.75, 3.05) is 6.61 Å². The van der Waals surface area contributed by atoms with Gasteiger partial charge >= 0.3 is 6.09 Å². The molecule has 0 unspecified atom stereocenters. The number of amides is 1. The van der Waals surface area contributed by atoms with E-state index in [1.165, 1.54) is 0 Å². The number of aromatic nitrogens is 1. The smallest absolute Gasteiger partial charge is 0.407 e. The first-order valence-electron chi connectivity index (χ1n) is 6.62. The molecule has 1 aromatic heterocycles. The van der Waals surface area contributed by atoms with Crippen LogP contribution in [0.3, 0.4) is 0 Å². The molecule has 1 heterocycles. The van der Waals surface area contributed by atoms with Crippen molar-refractivity contribution in [2.45, 2.75) is 45.9 Å². The van der Waals surface area contributed by atoms with Gasteiger partial charge in [0.25, 0.3) is 5.56 Å². The van der Waals surface area contributed by atoms with Gasteiger partial charge in [-0.1, -0.05) is 0 Å². The van der Waals surface area contributed by atoms with E-state index in [-0.39, 0.29) is 11.6 Å². The number of alkyl carbamates (subject to hydrolysis) is 1. The van der Waals surface area contributed by atoms with Gasteiger partial charge in [-0.25, -0.2) is 4.79 Å². The highest BCUT2D eigenvalue weighted by Gasteiger charge is 2.17. The monoisotopic (exact) mass is 360 g/mol. The van der Waals surface area contributed by atoms with Crippen LogP contribution in [0.25, 0.3) is 0 Å². The van der Waals surface area contributed by atoms with Gasteiger partial charge in [-0.3, -0.25) is 4.79 Å². The summed E-state index contributed by atoms with van der Waals surface area (Å²) in [5.74, 6) is 0. The molecule has 0 aliphatic rings. The highest BCUT2D eigenvalue weighted by molar-refractivity contribution is 9.10. The van der Waals surface area contributed by atoms with Crippen LogP contribution in [0.5, 0.6) is 0 Å². The Kier molecular flexibility index (Phi) is 6.42. The van der Waals surface area contributed by atoms with E-state index in [0.717, 1.165) is 5.56 Å². The van der Waals surface area contributed by atoms with E-state index < -0.39 is 11.7 Å². The molecule has 1 rings (SSSR count). The first kappa shape index (κ1) is 17.7. The fourth-order valence-corrected chi connectivity index (χ4v) is 1.89. The average Bonchev–Trinajstić information content (AvgIpc) is 2.31. The second-order valence-corrected chi connectivity index (χ2v) is 6.60. The molecule has 0 bridgehead atoms. The Labute approximate surface area is 132 Å². The third-order valence-electron chi connectivity index (χ3n) is 2.32. The number of hydrogen-bond acceptors (Lipinski definition) is 4. The van der Waals surface area contributed by atoms with Crippen molar-refractivity contribution in [3.05, 3.63) is 32.7 Å². The van der Waals surface area contributed by atoms with E-state index in [9.17, 15) is 9.59 Å². The summed E-state index contributed by atoms with van der Waals surface area (Å²) in [6, 6.07) is 1.52. The van der Waals surface area contributed by atoms with E-state index >= 15 is 0 Å². The van der Waals surface area contributed by atoms with E-state index in [1.54, 1.807) is 12.3 Å². The molecule has 118 valence electrons. The van der Waals surface area contributed by atoms with Crippen molar-refractivity contribution in [1.29, 1.82) is 0 Å². The third-order valence-corrected chi connectivity index (χ3v) is 2.91. The Balaban J connectivity index is 2.33. The van der Waals surface area contributed by atoms with Crippen LogP contribution in [0.4, 0.5) is 4.79 Å². The van der Waals surface area contributed by atoms with Gasteiger partial charge in [-0.05, 0) is 55.3 Å². The van der Waals surface area contributed by atoms with E-state index in [1.807, 2.05) is 27.7 Å². The maximum atomic E-state index is 11.5. The minimum Gasteiger partial charge on any atom is -0.444 e. The summed E-state index contributed by atoms with van der Waals surface area (Å²) in [4.78, 5) is 25.3. The molecular formula is C14H21BrN2O4. The first-order chi connectivity index (χ1) is 9.67. The molecule has 0 saturated heterocycles. The van der Waals surface area contributed by atoms with Crippen LogP contribution >= 0.6 is 15.9 Å². The minimum atomic E-state index is -0.521. The lowest BCUT2D eigenvalue weighted by Crippen LogP contribution is -2.39. The Morgan fingerprint density at radius 1 is 1.48 bits per heavy atom. The van der Waals surface area contributed by atoms with Crippen molar-refractivity contribution in [1.82, 2.24) is 10.3 Å². The summed E-state index contributed by atoms with van der Waals surface area (Å²) in [6.07, 6.45) is 1.13. The molecule has 0 aliphatic heterocycles. The molecule has 0 saturated carbocycles. The lowest BCUT2D eigenvalue weighted by atomic mass is 10.2. The summed E-state index contributed by atoms with van der Waals surface area (Å²) < 4.78 is 11.1. The van der Waals surface area contributed by atoms with Gasteiger partial charge in [0.2, 0.25) is 0 Å². The average molecular weight is 361 g/mol. The number of H-pyrrole nitrogens is 1. The molecular weight excluding hydrogens is 340 g/mol. The highest BCUT2D eigenvalue weighted by atomic mass is 79.9. The normalized spacial score (nSPS) is 12.8. The number of aromatic amines is 1. The lowest BCUT2D eigenvalue weighted by Gasteiger charge is -2.21. The van der Waals surface area contributed by atoms with E-state index in [2.05, 4.69) is 26.2 Å². The highest BCUT2D eigenvalue weighted by Crippen LogP contribution is 2.08. The zero-order chi connectivity index (χ0) is 16.0. The maximum Gasteiger partial charge on any atom is 0.407 e. The van der Waals surface area contributed by atoms with Crippen molar-refractivity contribution in [2.24, 2.45) is 0 Å². The molecule has 6 nitrogen and oxygen atoms in total. The van der Waals surface area contributed by atoms with Crippen LogP contribution in [-0.2, 0) is 16.1 Å². The molecule has 0 aliphatic carbocycles. The minimum absolute atomic E-state index is 0.175. The topological polar surface area (TPSA) is 80.4 Å². The van der Waals surface area contributed by atoms with E-state index in [4.69, 9.17) is 9.47 Å². The molecule has 1 aromatic rings. The number of hydrogen-bond donors (Lipinski definition) is 2. The molecule has 1 amide bonds. The quantitative estimate of drug-likeness (QED) is 0.845. The number of ether oxygens (including phenoxy) is 2. The fourth-order valence-electron chi connectivity index (χ4n) is 1.48. The van der Waals surface area contributed by atoms with Gasteiger partial charge < -0.3 is 19.8 Å². The number of nitrogens with one attached hydrogen (secondary N) is 2. The predicted molar refractivity (Wildman–Crippen MR) is 83.3 cm³/mol. The Hall–Kier alpha value is -1.34. The Morgan fingerprint density at radius 2 is 2.14 bits per heavy atom. The van der Waals surface area contributed by atoms with Gasteiger partial charge in [0.05, 0.1) is 23.7 Å². The summed E-state index contributed by atoms with van der Waals surface area (Å²) >= 11 is 3.15. The second kappa shape index (κ2) is 7.61. The zero-order valence-electron chi connectivity index (χ0n) is 12.7. The van der Waals surface area contributed by atoms with E-state index in [0.29, 0.717) is 17.7 Å². The zero-order valence-corrected chi connectivity index (χ0v) is 14.2. The van der Waals surface area contributed by atoms with Gasteiger partial charge in [-0.2, -0.15) is 0 Å². The lowest BCUT2D eigenvalue weighted by molar-refractivity contribution is 0.0442. The van der Waals surface area contributed by atoms with Crippen LogP contribution in [0.1, 0.15) is 33.3 Å². The summed E-state index contributed by atoms with van der Waals surface area (Å²) in [5, 5.41) is 2.69. The largest absolute Gasteiger partial charge is 0.444 e. The van der Waals surface area contributed by atoms with Crippen LogP contribution < -0.4 is 10.9 Å². The summed E-state index contributed by atoms with van der Waals surface area (Å²) in [5.41, 5.74) is 0.136. The number of pyridine rings is 1. The second-order valence-electron chi connectivity index (χ2n) is 5.75. The molecule has 1 atom stereocenters. The van der Waals surface area contributed by atoms with Crippen molar-refractivity contribution in [3.63, 3.8) is 0 Å². The van der Waals surface area contributed by atoms with Crippen molar-refractivity contribution in [3.8, 4) is 0 Å². The first-order valence-corrected chi connectivity index (χ1v) is 7.41. The van der Waals surface area contributed by atoms with Gasteiger partial charge in [-0.15, -0.1) is 0 Å². The van der Waals surface area contributed by atoms with Crippen LogP contribution in [-0.4, -0.2) is 29.3 Å². The number of carbonyl (C=O) groups excluding carboxylic acids is 1. The maximum absolute atomic E-state index is 11.5. The molecule has 7 heteroatoms. The summed E-state index contributed by atoms with van der Waals surface area (Å²) in [6.45, 7) is 7.93. The Bertz CT molecular complexity index is 537. The third kappa shape index (κ3) is 7.29. The van der Waals surface area contributed by atoms with Gasteiger partial charge in [0, 0.05) is 6.20 Å². The van der Waals surface area contributed by atoms with Crippen LogP contribution in [0.2, 0.25) is 0 Å². The molecule has 0 aromatic carbocycles. The van der Waals surface area contributed by atoms with Crippen LogP contribution in [0.15, 0.2) is 21.5 Å². The molecule has 0 radical (unpaired) electrons. The SMILES string of the molecule is C[C@H](COCc1c[nH]c(=O)c(Br)c1)NC(=O)OC(C)(C)C. The fraction of sp³-hybridized carbons (Fsp3) is 0.571. The summed E-state index contributed by atoms with van der Waals surface area (Å²) in [7, 11) is 0. The molecule has 0 fully saturated rings. The number of rotatable bonds is 5. The van der Waals surface area contributed by atoms with Crippen molar-refractivity contribution >= 4 is 22.0 Å². The van der Waals surface area contributed by atoms with Crippen LogP contribution in [0, 0.1) is 0 Å². The Morgan fingerprint density at radius 3 is 2.71 bits per heavy atom. The van der Waals surface area contributed by atoms with Crippen molar-refractivity contribution < 1.29 is 14.3 Å². The van der Waals surface area contributed by atoms with Gasteiger partial charge in [0.15, 0.2) is 0 Å². The molecule has 0 spiro atoms. The standard InChI is InChI=1S/C14H21BrN2O4/c1-9(17-13(19)21-14(2,3)4)7-20-8-10-5-11(15)12(18)16-6-10/h5-6,9H,7-8H2,1-4H3,(H,16,18)(H,17,19)/t9-/m1/s1. The number of carbonyl (C=O) groups is 1. The predicted octanol–water partition coefficient (Wildman–Crippen LogP) is 2.57. The number of halogens is 1. The molecule has 21 heavy (non-hydrogen) atoms.